The van der Waals surface area contributed by atoms with Crippen LogP contribution in [0.4, 0.5) is 0 Å². The predicted octanol–water partition coefficient (Wildman–Crippen LogP) is 4.04. The van der Waals surface area contributed by atoms with Crippen LogP contribution in [0.25, 0.3) is 5.65 Å². The molecule has 0 bridgehead atoms. The second kappa shape index (κ2) is 6.54. The second-order valence-corrected chi connectivity index (χ2v) is 6.86. The number of rotatable bonds is 4. The van der Waals surface area contributed by atoms with Crippen molar-refractivity contribution in [2.45, 2.75) is 25.3 Å². The van der Waals surface area contributed by atoms with Gasteiger partial charge in [-0.3, -0.25) is 9.20 Å². The zero-order chi connectivity index (χ0) is 16.4. The van der Waals surface area contributed by atoms with Gasteiger partial charge in [0, 0.05) is 16.6 Å². The Morgan fingerprint density at radius 3 is 2.70 bits per heavy atom. The Balaban J connectivity index is 2.01. The number of alkyl halides is 1. The van der Waals surface area contributed by atoms with E-state index in [1.807, 2.05) is 50.2 Å². The van der Waals surface area contributed by atoms with Gasteiger partial charge in [-0.05, 0) is 31.0 Å². The number of hydrogen-bond donors (Lipinski definition) is 0. The molecule has 0 radical (unpaired) electrons. The summed E-state index contributed by atoms with van der Waals surface area (Å²) < 4.78 is 7.27. The first-order chi connectivity index (χ1) is 11.0. The van der Waals surface area contributed by atoms with Crippen LogP contribution in [0.5, 0.6) is 5.88 Å². The molecule has 118 valence electrons. The van der Waals surface area contributed by atoms with E-state index in [2.05, 4.69) is 20.9 Å². The smallest absolute Gasteiger partial charge is 0.261 e. The highest BCUT2D eigenvalue weighted by molar-refractivity contribution is 9.09. The van der Waals surface area contributed by atoms with Crippen molar-refractivity contribution < 1.29 is 4.74 Å². The molecule has 4 nitrogen and oxygen atoms in total. The van der Waals surface area contributed by atoms with E-state index in [4.69, 9.17) is 4.74 Å². The third kappa shape index (κ3) is 3.45. The van der Waals surface area contributed by atoms with Crippen molar-refractivity contribution in [3.05, 3.63) is 75.7 Å². The van der Waals surface area contributed by atoms with Gasteiger partial charge >= 0.3 is 0 Å². The molecule has 0 aliphatic heterocycles. The van der Waals surface area contributed by atoms with Crippen LogP contribution in [0.3, 0.4) is 0 Å². The Bertz CT molecular complexity index is 889. The Kier molecular flexibility index (Phi) is 4.48. The molecule has 3 rings (SSSR count). The van der Waals surface area contributed by atoms with Gasteiger partial charge < -0.3 is 4.74 Å². The zero-order valence-electron chi connectivity index (χ0n) is 13.0. The average Bonchev–Trinajstić information content (AvgIpc) is 2.54. The zero-order valence-corrected chi connectivity index (χ0v) is 14.6. The maximum Gasteiger partial charge on any atom is 0.261 e. The molecule has 0 fully saturated rings. The molecular weight excluding hydrogens is 356 g/mol. The van der Waals surface area contributed by atoms with E-state index in [1.54, 1.807) is 10.6 Å². The standard InChI is InChI=1S/C18H17BrN2O2/c1-12-8-15(13(2)19)18-20-16(9-17(22)21(18)10-12)23-11-14-6-4-3-5-7-14/h3-10,13H,11H2,1-2H3. The number of ether oxygens (including phenoxy) is 1. The number of aromatic nitrogens is 2. The van der Waals surface area contributed by atoms with Crippen molar-refractivity contribution in [2.75, 3.05) is 0 Å². The summed E-state index contributed by atoms with van der Waals surface area (Å²) in [5.41, 5.74) is 3.49. The van der Waals surface area contributed by atoms with E-state index >= 15 is 0 Å². The van der Waals surface area contributed by atoms with Crippen LogP contribution in [0.2, 0.25) is 0 Å². The van der Waals surface area contributed by atoms with E-state index < -0.39 is 0 Å². The van der Waals surface area contributed by atoms with E-state index in [0.29, 0.717) is 18.1 Å². The number of benzene rings is 1. The quantitative estimate of drug-likeness (QED) is 0.649. The summed E-state index contributed by atoms with van der Waals surface area (Å²) in [6.07, 6.45) is 1.80. The molecule has 0 aliphatic carbocycles. The molecule has 1 atom stereocenters. The lowest BCUT2D eigenvalue weighted by Crippen LogP contribution is -2.16. The Hall–Kier alpha value is -2.14. The van der Waals surface area contributed by atoms with Gasteiger partial charge in [-0.1, -0.05) is 46.3 Å². The van der Waals surface area contributed by atoms with Gasteiger partial charge in [0.2, 0.25) is 5.88 Å². The van der Waals surface area contributed by atoms with Gasteiger partial charge in [0.25, 0.3) is 5.56 Å². The summed E-state index contributed by atoms with van der Waals surface area (Å²) in [5.74, 6) is 0.345. The molecule has 23 heavy (non-hydrogen) atoms. The van der Waals surface area contributed by atoms with Crippen molar-refractivity contribution in [3.63, 3.8) is 0 Å². The second-order valence-electron chi connectivity index (χ2n) is 5.49. The van der Waals surface area contributed by atoms with E-state index in [0.717, 1.165) is 16.7 Å². The van der Waals surface area contributed by atoms with E-state index in [-0.39, 0.29) is 10.4 Å². The topological polar surface area (TPSA) is 43.6 Å². The summed E-state index contributed by atoms with van der Waals surface area (Å²) in [7, 11) is 0. The van der Waals surface area contributed by atoms with Crippen molar-refractivity contribution in [1.29, 1.82) is 0 Å². The van der Waals surface area contributed by atoms with Crippen LogP contribution in [-0.4, -0.2) is 9.38 Å². The normalized spacial score (nSPS) is 12.3. The fourth-order valence-corrected chi connectivity index (χ4v) is 2.78. The third-order valence-corrected chi connectivity index (χ3v) is 4.05. The summed E-state index contributed by atoms with van der Waals surface area (Å²) in [5, 5.41) is 0. The molecule has 5 heteroatoms. The first kappa shape index (κ1) is 15.7. The van der Waals surface area contributed by atoms with Gasteiger partial charge in [-0.2, -0.15) is 4.98 Å². The highest BCUT2D eigenvalue weighted by Gasteiger charge is 2.12. The maximum atomic E-state index is 12.4. The van der Waals surface area contributed by atoms with Gasteiger partial charge in [0.15, 0.2) is 0 Å². The molecule has 3 aromatic rings. The minimum Gasteiger partial charge on any atom is -0.473 e. The maximum absolute atomic E-state index is 12.4. The van der Waals surface area contributed by atoms with Crippen molar-refractivity contribution in [1.82, 2.24) is 9.38 Å². The molecule has 1 unspecified atom stereocenters. The first-order valence-corrected chi connectivity index (χ1v) is 8.31. The Morgan fingerprint density at radius 1 is 1.26 bits per heavy atom. The van der Waals surface area contributed by atoms with Crippen molar-refractivity contribution >= 4 is 21.6 Å². The van der Waals surface area contributed by atoms with Crippen molar-refractivity contribution in [2.24, 2.45) is 0 Å². The van der Waals surface area contributed by atoms with Crippen molar-refractivity contribution in [3.8, 4) is 5.88 Å². The highest BCUT2D eigenvalue weighted by atomic mass is 79.9. The largest absolute Gasteiger partial charge is 0.473 e. The Morgan fingerprint density at radius 2 is 2.00 bits per heavy atom. The molecule has 0 spiro atoms. The number of pyridine rings is 1. The third-order valence-electron chi connectivity index (χ3n) is 3.56. The van der Waals surface area contributed by atoms with Crippen LogP contribution in [0.1, 0.15) is 28.4 Å². The number of nitrogens with zero attached hydrogens (tertiary/aromatic N) is 2. The van der Waals surface area contributed by atoms with Gasteiger partial charge in [0.05, 0.1) is 6.07 Å². The molecule has 2 heterocycles. The molecular formula is C18H17BrN2O2. The minimum atomic E-state index is -0.142. The van der Waals surface area contributed by atoms with Crippen LogP contribution < -0.4 is 10.3 Å². The van der Waals surface area contributed by atoms with E-state index in [1.165, 1.54) is 6.07 Å². The monoisotopic (exact) mass is 372 g/mol. The summed E-state index contributed by atoms with van der Waals surface area (Å²) in [4.78, 5) is 17.0. The summed E-state index contributed by atoms with van der Waals surface area (Å²) in [6.45, 7) is 4.36. The fourth-order valence-electron chi connectivity index (χ4n) is 2.45. The lowest BCUT2D eigenvalue weighted by Gasteiger charge is -2.12. The number of halogens is 1. The lowest BCUT2D eigenvalue weighted by molar-refractivity contribution is 0.293. The van der Waals surface area contributed by atoms with Gasteiger partial charge in [-0.15, -0.1) is 0 Å². The Labute approximate surface area is 142 Å². The van der Waals surface area contributed by atoms with Gasteiger partial charge in [0.1, 0.15) is 12.3 Å². The minimum absolute atomic E-state index is 0.0914. The van der Waals surface area contributed by atoms with Crippen LogP contribution in [0, 0.1) is 6.92 Å². The molecule has 0 aliphatic rings. The van der Waals surface area contributed by atoms with Gasteiger partial charge in [-0.25, -0.2) is 0 Å². The lowest BCUT2D eigenvalue weighted by atomic mass is 10.1. The average molecular weight is 373 g/mol. The fraction of sp³-hybridized carbons (Fsp3) is 0.222. The molecule has 0 amide bonds. The number of hydrogen-bond acceptors (Lipinski definition) is 3. The van der Waals surface area contributed by atoms with E-state index in [9.17, 15) is 4.79 Å². The molecule has 0 saturated carbocycles. The van der Waals surface area contributed by atoms with Crippen LogP contribution in [-0.2, 0) is 6.61 Å². The molecule has 0 N–H and O–H groups in total. The summed E-state index contributed by atoms with van der Waals surface area (Å²) >= 11 is 3.57. The van der Waals surface area contributed by atoms with Crippen LogP contribution in [0.15, 0.2) is 53.5 Å². The first-order valence-electron chi connectivity index (χ1n) is 7.39. The number of fused-ring (bicyclic) bond motifs is 1. The van der Waals surface area contributed by atoms with Crippen LogP contribution >= 0.6 is 15.9 Å². The molecule has 1 aromatic carbocycles. The predicted molar refractivity (Wildman–Crippen MR) is 94.3 cm³/mol. The summed E-state index contributed by atoms with van der Waals surface area (Å²) in [6, 6.07) is 13.3. The molecule has 2 aromatic heterocycles. The number of aryl methyl sites for hydroxylation is 1. The SMILES string of the molecule is Cc1cc(C(C)Br)c2nc(OCc3ccccc3)cc(=O)n2c1. The molecule has 0 saturated heterocycles. The highest BCUT2D eigenvalue weighted by Crippen LogP contribution is 2.26.